The zero-order chi connectivity index (χ0) is 19.5. The zero-order valence-corrected chi connectivity index (χ0v) is 17.3. The molecule has 0 bridgehead atoms. The van der Waals surface area contributed by atoms with Gasteiger partial charge < -0.3 is 10.1 Å². The number of nitrogens with zero attached hydrogens (tertiary/aromatic N) is 1. The number of hydrogen-bond acceptors (Lipinski definition) is 5. The molecule has 4 rings (SSSR count). The fraction of sp³-hybridized carbons (Fsp3) is 0.182. The van der Waals surface area contributed by atoms with Crippen LogP contribution in [0.15, 0.2) is 60.0 Å². The molecule has 0 aliphatic carbocycles. The quantitative estimate of drug-likeness (QED) is 0.464. The predicted octanol–water partition coefficient (Wildman–Crippen LogP) is 5.42. The first-order valence-corrected chi connectivity index (χ1v) is 10.7. The molecule has 142 valence electrons. The van der Waals surface area contributed by atoms with Crippen molar-refractivity contribution in [3.63, 3.8) is 0 Å². The van der Waals surface area contributed by atoms with Crippen LogP contribution < -0.4 is 10.1 Å². The van der Waals surface area contributed by atoms with E-state index in [1.807, 2.05) is 60.8 Å². The number of aryl methyl sites for hydroxylation is 1. The van der Waals surface area contributed by atoms with Gasteiger partial charge in [0.2, 0.25) is 0 Å². The van der Waals surface area contributed by atoms with Crippen molar-refractivity contribution >= 4 is 39.4 Å². The first-order chi connectivity index (χ1) is 13.6. The fourth-order valence-electron chi connectivity index (χ4n) is 2.95. The lowest BCUT2D eigenvalue weighted by Crippen LogP contribution is -2.35. The lowest BCUT2D eigenvalue weighted by molar-refractivity contribution is -0.127. The maximum Gasteiger partial charge on any atom is 0.261 e. The first-order valence-electron chi connectivity index (χ1n) is 9.04. The summed E-state index contributed by atoms with van der Waals surface area (Å²) >= 11 is 3.29. The van der Waals surface area contributed by atoms with Gasteiger partial charge in [-0.1, -0.05) is 42.5 Å². The van der Waals surface area contributed by atoms with Crippen LogP contribution in [-0.4, -0.2) is 17.0 Å². The Labute approximate surface area is 171 Å². The molecular formula is C22H20N2O2S2. The van der Waals surface area contributed by atoms with Gasteiger partial charge in [0.15, 0.2) is 6.10 Å². The molecule has 2 heterocycles. The van der Waals surface area contributed by atoms with E-state index in [0.29, 0.717) is 6.54 Å². The van der Waals surface area contributed by atoms with Crippen molar-refractivity contribution in [1.82, 2.24) is 10.3 Å². The number of hydrogen-bond donors (Lipinski definition) is 1. The molecule has 6 heteroatoms. The van der Waals surface area contributed by atoms with E-state index >= 15 is 0 Å². The smallest absolute Gasteiger partial charge is 0.261 e. The number of carbonyl (C=O) groups excluding carboxylic acids is 1. The Morgan fingerprint density at radius 1 is 1.14 bits per heavy atom. The largest absolute Gasteiger partial charge is 0.480 e. The molecule has 4 aromatic rings. The second kappa shape index (κ2) is 8.12. The van der Waals surface area contributed by atoms with Crippen LogP contribution in [0.3, 0.4) is 0 Å². The third-order valence-electron chi connectivity index (χ3n) is 4.47. The average molecular weight is 409 g/mol. The minimum Gasteiger partial charge on any atom is -0.480 e. The van der Waals surface area contributed by atoms with Gasteiger partial charge in [0, 0.05) is 10.3 Å². The van der Waals surface area contributed by atoms with E-state index in [1.54, 1.807) is 29.6 Å². The Balaban J connectivity index is 1.41. The Hall–Kier alpha value is -2.70. The summed E-state index contributed by atoms with van der Waals surface area (Å²) in [5, 5.41) is 8.11. The van der Waals surface area contributed by atoms with Gasteiger partial charge in [-0.15, -0.1) is 22.7 Å². The van der Waals surface area contributed by atoms with E-state index in [0.717, 1.165) is 37.0 Å². The van der Waals surface area contributed by atoms with Gasteiger partial charge in [-0.3, -0.25) is 4.79 Å². The zero-order valence-electron chi connectivity index (χ0n) is 15.6. The van der Waals surface area contributed by atoms with Crippen LogP contribution in [0.5, 0.6) is 5.75 Å². The number of benzene rings is 2. The minimum atomic E-state index is -0.587. The van der Waals surface area contributed by atoms with Crippen LogP contribution in [0.25, 0.3) is 20.7 Å². The van der Waals surface area contributed by atoms with Gasteiger partial charge >= 0.3 is 0 Å². The van der Waals surface area contributed by atoms with E-state index in [-0.39, 0.29) is 5.91 Å². The maximum absolute atomic E-state index is 12.6. The molecule has 28 heavy (non-hydrogen) atoms. The van der Waals surface area contributed by atoms with Crippen LogP contribution in [0.4, 0.5) is 0 Å². The van der Waals surface area contributed by atoms with Crippen molar-refractivity contribution < 1.29 is 9.53 Å². The minimum absolute atomic E-state index is 0.140. The topological polar surface area (TPSA) is 51.2 Å². The maximum atomic E-state index is 12.6. The molecule has 0 fully saturated rings. The highest BCUT2D eigenvalue weighted by atomic mass is 32.1. The molecule has 0 aliphatic rings. The number of fused-ring (bicyclic) bond motifs is 1. The molecule has 2 aromatic heterocycles. The molecule has 0 saturated carbocycles. The summed E-state index contributed by atoms with van der Waals surface area (Å²) in [6.45, 7) is 4.20. The second-order valence-corrected chi connectivity index (χ2v) is 8.49. The summed E-state index contributed by atoms with van der Waals surface area (Å²) in [4.78, 5) is 19.4. The lowest BCUT2D eigenvalue weighted by atomic mass is 10.1. The summed E-state index contributed by atoms with van der Waals surface area (Å²) in [5.74, 6) is 0.577. The van der Waals surface area contributed by atoms with Crippen LogP contribution in [0.1, 0.15) is 17.5 Å². The van der Waals surface area contributed by atoms with Gasteiger partial charge in [0.05, 0.1) is 17.1 Å². The van der Waals surface area contributed by atoms with Crippen LogP contribution in [0.2, 0.25) is 0 Å². The molecule has 1 atom stereocenters. The van der Waals surface area contributed by atoms with Crippen molar-refractivity contribution in [2.24, 2.45) is 0 Å². The number of rotatable bonds is 6. The summed E-state index contributed by atoms with van der Waals surface area (Å²) in [6.07, 6.45) is -0.587. The summed E-state index contributed by atoms with van der Waals surface area (Å²) in [6, 6.07) is 17.9. The molecule has 1 N–H and O–H groups in total. The normalized spacial score (nSPS) is 12.1. The van der Waals surface area contributed by atoms with E-state index in [4.69, 9.17) is 4.74 Å². The molecule has 0 saturated heterocycles. The summed E-state index contributed by atoms with van der Waals surface area (Å²) in [5.41, 5.74) is 0.955. The van der Waals surface area contributed by atoms with Crippen LogP contribution in [0, 0.1) is 6.92 Å². The standard InChI is InChI=1S/C22H20N2O2S2/c1-14-20(28-22(24-14)19-11-6-12-27-19)13-23-21(25)15(2)26-18-10-5-8-16-7-3-4-9-17(16)18/h3-12,15H,13H2,1-2H3,(H,23,25). The van der Waals surface area contributed by atoms with Gasteiger partial charge in [-0.2, -0.15) is 0 Å². The first kappa shape index (κ1) is 18.7. The van der Waals surface area contributed by atoms with E-state index in [2.05, 4.69) is 16.4 Å². The Morgan fingerprint density at radius 3 is 2.79 bits per heavy atom. The number of amides is 1. The molecular weight excluding hydrogens is 388 g/mol. The van der Waals surface area contributed by atoms with Crippen molar-refractivity contribution in [3.05, 3.63) is 70.5 Å². The van der Waals surface area contributed by atoms with Crippen molar-refractivity contribution in [2.45, 2.75) is 26.5 Å². The highest BCUT2D eigenvalue weighted by Gasteiger charge is 2.17. The van der Waals surface area contributed by atoms with Crippen molar-refractivity contribution in [3.8, 4) is 15.6 Å². The Morgan fingerprint density at radius 2 is 1.96 bits per heavy atom. The number of thiazole rings is 1. The number of ether oxygens (including phenoxy) is 1. The molecule has 0 radical (unpaired) electrons. The van der Waals surface area contributed by atoms with Gasteiger partial charge in [-0.05, 0) is 36.7 Å². The third kappa shape index (κ3) is 3.93. The molecule has 1 amide bonds. The monoisotopic (exact) mass is 408 g/mol. The van der Waals surface area contributed by atoms with E-state index in [9.17, 15) is 4.79 Å². The average Bonchev–Trinajstić information content (AvgIpc) is 3.36. The van der Waals surface area contributed by atoms with Gasteiger partial charge in [-0.25, -0.2) is 4.98 Å². The van der Waals surface area contributed by atoms with Gasteiger partial charge in [0.25, 0.3) is 5.91 Å². The highest BCUT2D eigenvalue weighted by molar-refractivity contribution is 7.21. The van der Waals surface area contributed by atoms with Crippen LogP contribution in [-0.2, 0) is 11.3 Å². The molecule has 2 aromatic carbocycles. The molecule has 4 nitrogen and oxygen atoms in total. The number of nitrogens with one attached hydrogen (secondary N) is 1. The lowest BCUT2D eigenvalue weighted by Gasteiger charge is -2.16. The Bertz CT molecular complexity index is 1100. The highest BCUT2D eigenvalue weighted by Crippen LogP contribution is 2.31. The van der Waals surface area contributed by atoms with E-state index in [1.165, 1.54) is 0 Å². The van der Waals surface area contributed by atoms with Gasteiger partial charge in [0.1, 0.15) is 10.8 Å². The number of thiophene rings is 1. The second-order valence-electron chi connectivity index (χ2n) is 6.46. The molecule has 0 aliphatic heterocycles. The molecule has 1 unspecified atom stereocenters. The number of carbonyl (C=O) groups is 1. The van der Waals surface area contributed by atoms with Crippen molar-refractivity contribution in [1.29, 1.82) is 0 Å². The number of aromatic nitrogens is 1. The van der Waals surface area contributed by atoms with Crippen LogP contribution >= 0.6 is 22.7 Å². The fourth-order valence-corrected chi connectivity index (χ4v) is 4.75. The van der Waals surface area contributed by atoms with Crippen molar-refractivity contribution in [2.75, 3.05) is 0 Å². The SMILES string of the molecule is Cc1nc(-c2cccs2)sc1CNC(=O)C(C)Oc1cccc2ccccc12. The predicted molar refractivity (Wildman–Crippen MR) is 116 cm³/mol. The third-order valence-corrected chi connectivity index (χ3v) is 6.67. The summed E-state index contributed by atoms with van der Waals surface area (Å²) in [7, 11) is 0. The molecule has 0 spiro atoms. The Kier molecular flexibility index (Phi) is 5.41. The summed E-state index contributed by atoms with van der Waals surface area (Å²) < 4.78 is 5.95. The van der Waals surface area contributed by atoms with E-state index < -0.39 is 6.10 Å².